The van der Waals surface area contributed by atoms with Crippen LogP contribution >= 0.6 is 0 Å². The van der Waals surface area contributed by atoms with Crippen LogP contribution in [0.4, 0.5) is 5.88 Å². The van der Waals surface area contributed by atoms with Gasteiger partial charge < -0.3 is 9.63 Å². The Labute approximate surface area is 138 Å². The van der Waals surface area contributed by atoms with Crippen molar-refractivity contribution in [2.45, 2.75) is 70.9 Å². The van der Waals surface area contributed by atoms with Crippen molar-refractivity contribution in [2.75, 3.05) is 18.5 Å². The van der Waals surface area contributed by atoms with Crippen molar-refractivity contribution in [1.29, 1.82) is 0 Å². The van der Waals surface area contributed by atoms with Crippen LogP contribution in [0.15, 0.2) is 10.6 Å². The minimum atomic E-state index is -0.612. The highest BCUT2D eigenvalue weighted by Gasteiger charge is 2.39. The molecule has 0 radical (unpaired) electrons. The van der Waals surface area contributed by atoms with E-state index in [0.29, 0.717) is 17.6 Å². The third-order valence-corrected chi connectivity index (χ3v) is 4.91. The van der Waals surface area contributed by atoms with Crippen molar-refractivity contribution in [3.05, 3.63) is 11.8 Å². The molecule has 0 aliphatic carbocycles. The first-order valence-corrected chi connectivity index (χ1v) is 8.35. The number of amides is 1. The topological polar surface area (TPSA) is 78.6 Å². The molecule has 1 amide bonds. The van der Waals surface area contributed by atoms with Gasteiger partial charge in [0.15, 0.2) is 0 Å². The molecule has 1 aliphatic heterocycles. The summed E-state index contributed by atoms with van der Waals surface area (Å²) in [5, 5.41) is 16.2. The Bertz CT molecular complexity index is 551. The van der Waals surface area contributed by atoms with Crippen LogP contribution in [0.1, 0.15) is 59.6 Å². The minimum absolute atomic E-state index is 0.0380. The summed E-state index contributed by atoms with van der Waals surface area (Å²) in [5.41, 5.74) is -0.484. The van der Waals surface area contributed by atoms with Gasteiger partial charge in [-0.2, -0.15) is 0 Å². The maximum atomic E-state index is 12.7. The average molecular weight is 323 g/mol. The summed E-state index contributed by atoms with van der Waals surface area (Å²) in [6.45, 7) is 10.7. The second kappa shape index (κ2) is 6.61. The molecule has 1 unspecified atom stereocenters. The van der Waals surface area contributed by atoms with Gasteiger partial charge in [-0.1, -0.05) is 25.4 Å². The lowest BCUT2D eigenvalue weighted by Gasteiger charge is -2.43. The summed E-state index contributed by atoms with van der Waals surface area (Å²) in [4.78, 5) is 15.0. The summed E-state index contributed by atoms with van der Waals surface area (Å²) >= 11 is 0. The molecule has 1 aromatic rings. The molecule has 0 aromatic carbocycles. The van der Waals surface area contributed by atoms with Gasteiger partial charge in [-0.25, -0.2) is 0 Å². The largest absolute Gasteiger partial charge is 0.395 e. The molecule has 0 bridgehead atoms. The predicted octanol–water partition coefficient (Wildman–Crippen LogP) is 2.54. The van der Waals surface area contributed by atoms with Gasteiger partial charge in [-0.3, -0.25) is 15.0 Å². The van der Waals surface area contributed by atoms with Crippen molar-refractivity contribution in [2.24, 2.45) is 0 Å². The average Bonchev–Trinajstić information content (AvgIpc) is 2.96. The van der Waals surface area contributed by atoms with Crippen molar-refractivity contribution in [3.63, 3.8) is 0 Å². The molecular formula is C17H29N3O3. The van der Waals surface area contributed by atoms with Gasteiger partial charge in [-0.15, -0.1) is 0 Å². The molecule has 6 nitrogen and oxygen atoms in total. The molecule has 1 aromatic heterocycles. The lowest BCUT2D eigenvalue weighted by Crippen LogP contribution is -2.57. The normalized spacial score (nSPS) is 20.5. The van der Waals surface area contributed by atoms with Gasteiger partial charge in [0.25, 0.3) is 0 Å². The van der Waals surface area contributed by atoms with Gasteiger partial charge in [0.05, 0.1) is 17.8 Å². The number of carbonyl (C=O) groups excluding carboxylic acids is 1. The Morgan fingerprint density at radius 2 is 2.13 bits per heavy atom. The highest BCUT2D eigenvalue weighted by Crippen LogP contribution is 2.28. The SMILES string of the molecule is CC1CCCCN1C(C)(C)C(=O)Nc1cc(C(C)(C)CO)no1. The third-order valence-electron chi connectivity index (χ3n) is 4.91. The zero-order valence-corrected chi connectivity index (χ0v) is 14.8. The van der Waals surface area contributed by atoms with E-state index in [9.17, 15) is 9.90 Å². The number of hydrogen-bond donors (Lipinski definition) is 2. The fraction of sp³-hybridized carbons (Fsp3) is 0.765. The predicted molar refractivity (Wildman–Crippen MR) is 89.3 cm³/mol. The number of piperidine rings is 1. The van der Waals surface area contributed by atoms with Crippen LogP contribution in [0.5, 0.6) is 0 Å². The highest BCUT2D eigenvalue weighted by atomic mass is 16.5. The Morgan fingerprint density at radius 3 is 2.74 bits per heavy atom. The van der Waals surface area contributed by atoms with Crippen LogP contribution in [-0.4, -0.2) is 45.8 Å². The zero-order valence-electron chi connectivity index (χ0n) is 14.8. The van der Waals surface area contributed by atoms with Crippen molar-refractivity contribution in [1.82, 2.24) is 10.1 Å². The van der Waals surface area contributed by atoms with Gasteiger partial charge in [0.2, 0.25) is 11.8 Å². The number of carbonyl (C=O) groups is 1. The lowest BCUT2D eigenvalue weighted by atomic mass is 9.91. The summed E-state index contributed by atoms with van der Waals surface area (Å²) in [6, 6.07) is 2.08. The number of rotatable bonds is 5. The molecule has 2 N–H and O–H groups in total. The quantitative estimate of drug-likeness (QED) is 0.870. The van der Waals surface area contributed by atoms with E-state index in [1.165, 1.54) is 6.42 Å². The standard InChI is InChI=1S/C17H29N3O3/c1-12-8-6-7-9-20(12)17(4,5)15(22)18-14-10-13(19-23-14)16(2,3)11-21/h10,12,21H,6-9,11H2,1-5H3,(H,18,22). The Balaban J connectivity index is 2.09. The smallest absolute Gasteiger partial charge is 0.246 e. The first kappa shape index (κ1) is 17.9. The Kier molecular flexibility index (Phi) is 5.16. The number of aliphatic hydroxyl groups excluding tert-OH is 1. The number of nitrogens with zero attached hydrogens (tertiary/aromatic N) is 2. The first-order valence-electron chi connectivity index (χ1n) is 8.35. The fourth-order valence-corrected chi connectivity index (χ4v) is 3.06. The number of hydrogen-bond acceptors (Lipinski definition) is 5. The summed E-state index contributed by atoms with van der Waals surface area (Å²) < 4.78 is 5.22. The molecule has 1 fully saturated rings. The van der Waals surface area contributed by atoms with Gasteiger partial charge >= 0.3 is 0 Å². The number of aromatic nitrogens is 1. The van der Waals surface area contributed by atoms with E-state index in [1.54, 1.807) is 6.07 Å². The second-order valence-electron chi connectivity index (χ2n) is 7.67. The molecule has 130 valence electrons. The third kappa shape index (κ3) is 3.75. The molecule has 1 atom stereocenters. The van der Waals surface area contributed by atoms with Crippen LogP contribution < -0.4 is 5.32 Å². The Hall–Kier alpha value is -1.40. The molecule has 2 heterocycles. The molecule has 0 spiro atoms. The van der Waals surface area contributed by atoms with Crippen LogP contribution in [-0.2, 0) is 10.2 Å². The van der Waals surface area contributed by atoms with Crippen LogP contribution in [0, 0.1) is 0 Å². The second-order valence-corrected chi connectivity index (χ2v) is 7.67. The van der Waals surface area contributed by atoms with E-state index in [2.05, 4.69) is 22.3 Å². The molecule has 6 heteroatoms. The number of likely N-dealkylation sites (tertiary alicyclic amines) is 1. The van der Waals surface area contributed by atoms with E-state index in [-0.39, 0.29) is 12.5 Å². The maximum Gasteiger partial charge on any atom is 0.246 e. The van der Waals surface area contributed by atoms with Crippen molar-refractivity contribution >= 4 is 11.8 Å². The van der Waals surface area contributed by atoms with Crippen LogP contribution in [0.2, 0.25) is 0 Å². The summed E-state index contributed by atoms with van der Waals surface area (Å²) in [7, 11) is 0. The summed E-state index contributed by atoms with van der Waals surface area (Å²) in [5.74, 6) is 0.222. The molecular weight excluding hydrogens is 294 g/mol. The van der Waals surface area contributed by atoms with E-state index in [4.69, 9.17) is 4.52 Å². The monoisotopic (exact) mass is 323 g/mol. The van der Waals surface area contributed by atoms with Crippen molar-refractivity contribution in [3.8, 4) is 0 Å². The van der Waals surface area contributed by atoms with E-state index < -0.39 is 11.0 Å². The molecule has 1 saturated heterocycles. The first-order chi connectivity index (χ1) is 10.7. The van der Waals surface area contributed by atoms with E-state index in [1.807, 2.05) is 27.7 Å². The molecule has 1 aliphatic rings. The highest BCUT2D eigenvalue weighted by molar-refractivity contribution is 5.96. The lowest BCUT2D eigenvalue weighted by molar-refractivity contribution is -0.128. The molecule has 23 heavy (non-hydrogen) atoms. The number of aliphatic hydroxyl groups is 1. The zero-order chi connectivity index (χ0) is 17.3. The van der Waals surface area contributed by atoms with E-state index in [0.717, 1.165) is 19.4 Å². The van der Waals surface area contributed by atoms with E-state index >= 15 is 0 Å². The summed E-state index contributed by atoms with van der Waals surface area (Å²) in [6.07, 6.45) is 3.46. The van der Waals surface area contributed by atoms with Crippen LogP contribution in [0.3, 0.4) is 0 Å². The van der Waals surface area contributed by atoms with Gasteiger partial charge in [-0.05, 0) is 40.2 Å². The van der Waals surface area contributed by atoms with Gasteiger partial charge in [0.1, 0.15) is 0 Å². The molecule has 0 saturated carbocycles. The number of nitrogens with one attached hydrogen (secondary N) is 1. The number of anilines is 1. The van der Waals surface area contributed by atoms with Gasteiger partial charge in [0, 0.05) is 17.5 Å². The van der Waals surface area contributed by atoms with Crippen molar-refractivity contribution < 1.29 is 14.4 Å². The minimum Gasteiger partial charge on any atom is -0.395 e. The molecule has 2 rings (SSSR count). The Morgan fingerprint density at radius 1 is 1.43 bits per heavy atom. The van der Waals surface area contributed by atoms with Crippen LogP contribution in [0.25, 0.3) is 0 Å². The fourth-order valence-electron chi connectivity index (χ4n) is 3.06. The maximum absolute atomic E-state index is 12.7.